The molecule has 138 valence electrons. The number of anilines is 1. The Morgan fingerprint density at radius 1 is 1.04 bits per heavy atom. The van der Waals surface area contributed by atoms with Crippen LogP contribution < -0.4 is 5.01 Å². The Labute approximate surface area is 160 Å². The normalized spacial score (nSPS) is 22.1. The van der Waals surface area contributed by atoms with Gasteiger partial charge >= 0.3 is 11.9 Å². The SMILES string of the molecule is COC(=O)C1=NN(c2ccc(C)cc2)[C@@]2(S1)SC(C(=O)OC)=C(C)N2C. The molecule has 1 aromatic rings. The molecule has 0 unspecified atom stereocenters. The molecule has 2 aliphatic rings. The second kappa shape index (κ2) is 6.88. The Morgan fingerprint density at radius 3 is 2.23 bits per heavy atom. The van der Waals surface area contributed by atoms with Gasteiger partial charge in [0.05, 0.1) is 19.9 Å². The molecule has 0 aromatic heterocycles. The molecule has 2 aliphatic heterocycles. The summed E-state index contributed by atoms with van der Waals surface area (Å²) in [6.45, 7) is 3.84. The molecule has 0 aliphatic carbocycles. The van der Waals surface area contributed by atoms with E-state index < -0.39 is 16.3 Å². The van der Waals surface area contributed by atoms with Crippen molar-refractivity contribution in [1.82, 2.24) is 4.90 Å². The van der Waals surface area contributed by atoms with E-state index in [-0.39, 0.29) is 5.04 Å². The summed E-state index contributed by atoms with van der Waals surface area (Å²) in [5.74, 6) is -0.922. The highest BCUT2D eigenvalue weighted by atomic mass is 32.2. The summed E-state index contributed by atoms with van der Waals surface area (Å²) in [5.41, 5.74) is 2.68. The molecule has 0 amide bonds. The standard InChI is InChI=1S/C17H19N3O4S2/c1-10-6-8-12(9-7-10)20-17(26-14(18-20)16(22)24-5)19(3)11(2)13(25-17)15(21)23-4/h6-9H,1-5H3/t17-/m1/s1. The fourth-order valence-corrected chi connectivity index (χ4v) is 5.54. The van der Waals surface area contributed by atoms with Crippen molar-refractivity contribution in [1.29, 1.82) is 0 Å². The van der Waals surface area contributed by atoms with E-state index in [1.165, 1.54) is 37.7 Å². The lowest BCUT2D eigenvalue weighted by Gasteiger charge is -2.39. The molecule has 0 N–H and O–H groups in total. The van der Waals surface area contributed by atoms with Crippen LogP contribution in [0.1, 0.15) is 12.5 Å². The lowest BCUT2D eigenvalue weighted by atomic mass is 10.2. The van der Waals surface area contributed by atoms with E-state index >= 15 is 0 Å². The zero-order chi connectivity index (χ0) is 19.1. The molecule has 1 spiro atoms. The van der Waals surface area contributed by atoms with Gasteiger partial charge < -0.3 is 14.4 Å². The van der Waals surface area contributed by atoms with Crippen LogP contribution >= 0.6 is 23.5 Å². The lowest BCUT2D eigenvalue weighted by molar-refractivity contribution is -0.135. The van der Waals surface area contributed by atoms with Gasteiger partial charge in [-0.15, -0.1) is 0 Å². The number of allylic oxidation sites excluding steroid dienone is 1. The van der Waals surface area contributed by atoms with Crippen molar-refractivity contribution in [2.45, 2.75) is 18.2 Å². The summed E-state index contributed by atoms with van der Waals surface area (Å²) in [6, 6.07) is 7.81. The fraction of sp³-hybridized carbons (Fsp3) is 0.353. The number of esters is 2. The molecule has 0 fully saturated rings. The second-order valence-corrected chi connectivity index (χ2v) is 8.36. The number of benzene rings is 1. The minimum Gasteiger partial charge on any atom is -0.465 e. The zero-order valence-electron chi connectivity index (χ0n) is 15.1. The third-order valence-corrected chi connectivity index (χ3v) is 7.22. The number of carbonyl (C=O) groups is 2. The first-order chi connectivity index (χ1) is 12.3. The highest BCUT2D eigenvalue weighted by Gasteiger charge is 2.56. The van der Waals surface area contributed by atoms with Crippen LogP contribution in [0.3, 0.4) is 0 Å². The van der Waals surface area contributed by atoms with Gasteiger partial charge in [0.2, 0.25) is 9.37 Å². The van der Waals surface area contributed by atoms with Gasteiger partial charge in [-0.2, -0.15) is 5.10 Å². The lowest BCUT2D eigenvalue weighted by Crippen LogP contribution is -2.47. The van der Waals surface area contributed by atoms with Crippen LogP contribution in [0.25, 0.3) is 0 Å². The maximum absolute atomic E-state index is 12.2. The topological polar surface area (TPSA) is 71.4 Å². The molecule has 7 nitrogen and oxygen atoms in total. The van der Waals surface area contributed by atoms with Gasteiger partial charge in [-0.25, -0.2) is 14.6 Å². The average Bonchev–Trinajstić information content (AvgIpc) is 3.15. The number of hydrogen-bond donors (Lipinski definition) is 0. The number of rotatable bonds is 3. The minimum absolute atomic E-state index is 0.228. The Morgan fingerprint density at radius 2 is 1.65 bits per heavy atom. The quantitative estimate of drug-likeness (QED) is 0.726. The van der Waals surface area contributed by atoms with Crippen LogP contribution in [0.2, 0.25) is 0 Å². The number of hydrazone groups is 1. The number of nitrogens with zero attached hydrogens (tertiary/aromatic N) is 3. The van der Waals surface area contributed by atoms with Crippen molar-refractivity contribution >= 4 is 46.2 Å². The predicted octanol–water partition coefficient (Wildman–Crippen LogP) is 2.73. The van der Waals surface area contributed by atoms with Crippen LogP contribution in [0.5, 0.6) is 0 Å². The fourth-order valence-electron chi connectivity index (χ4n) is 2.62. The smallest absolute Gasteiger partial charge is 0.365 e. The van der Waals surface area contributed by atoms with E-state index in [2.05, 4.69) is 5.10 Å². The number of aryl methyl sites for hydroxylation is 1. The largest absolute Gasteiger partial charge is 0.465 e. The summed E-state index contributed by atoms with van der Waals surface area (Å²) in [5, 5.41) is 6.47. The first kappa shape index (κ1) is 18.7. The molecule has 0 saturated heterocycles. The molecule has 1 atom stereocenters. The summed E-state index contributed by atoms with van der Waals surface area (Å²) in [6.07, 6.45) is 0. The van der Waals surface area contributed by atoms with Crippen molar-refractivity contribution in [3.63, 3.8) is 0 Å². The van der Waals surface area contributed by atoms with Crippen LogP contribution in [-0.2, 0) is 19.1 Å². The molecule has 2 heterocycles. The van der Waals surface area contributed by atoms with Crippen molar-refractivity contribution in [2.75, 3.05) is 26.3 Å². The van der Waals surface area contributed by atoms with Gasteiger partial charge in [0.25, 0.3) is 0 Å². The Bertz CT molecular complexity index is 822. The Balaban J connectivity index is 2.06. The summed E-state index contributed by atoms with van der Waals surface area (Å²) in [4.78, 5) is 26.7. The Hall–Kier alpha value is -2.13. The van der Waals surface area contributed by atoms with Gasteiger partial charge in [-0.05, 0) is 37.7 Å². The molecular formula is C17H19N3O4S2. The summed E-state index contributed by atoms with van der Waals surface area (Å²) < 4.78 is 8.91. The van der Waals surface area contributed by atoms with E-state index in [4.69, 9.17) is 9.47 Å². The maximum Gasteiger partial charge on any atom is 0.365 e. The third kappa shape index (κ3) is 2.84. The number of methoxy groups -OCH3 is 2. The number of hydrogen-bond acceptors (Lipinski definition) is 9. The van der Waals surface area contributed by atoms with Gasteiger partial charge in [0, 0.05) is 12.7 Å². The van der Waals surface area contributed by atoms with Crippen LogP contribution in [0, 0.1) is 6.92 Å². The predicted molar refractivity (Wildman–Crippen MR) is 104 cm³/mol. The van der Waals surface area contributed by atoms with Crippen molar-refractivity contribution in [3.8, 4) is 0 Å². The summed E-state index contributed by atoms with van der Waals surface area (Å²) in [7, 11) is 4.54. The first-order valence-corrected chi connectivity index (χ1v) is 9.42. The zero-order valence-corrected chi connectivity index (χ0v) is 16.7. The van der Waals surface area contributed by atoms with Gasteiger partial charge in [0.1, 0.15) is 4.91 Å². The van der Waals surface area contributed by atoms with Crippen molar-refractivity contribution < 1.29 is 19.1 Å². The number of carbonyl (C=O) groups excluding carboxylic acids is 2. The number of thioether (sulfide) groups is 2. The molecule has 0 saturated carbocycles. The molecule has 0 bridgehead atoms. The Kier molecular flexibility index (Phi) is 4.94. The van der Waals surface area contributed by atoms with Crippen LogP contribution in [0.4, 0.5) is 5.69 Å². The first-order valence-electron chi connectivity index (χ1n) is 7.79. The van der Waals surface area contributed by atoms with Crippen molar-refractivity contribution in [2.24, 2.45) is 5.10 Å². The maximum atomic E-state index is 12.2. The molecular weight excluding hydrogens is 374 g/mol. The average molecular weight is 393 g/mol. The number of ether oxygens (including phenoxy) is 2. The monoisotopic (exact) mass is 393 g/mol. The van der Waals surface area contributed by atoms with Crippen molar-refractivity contribution in [3.05, 3.63) is 40.4 Å². The second-order valence-electron chi connectivity index (χ2n) is 5.76. The van der Waals surface area contributed by atoms with Crippen LogP contribution in [0.15, 0.2) is 40.0 Å². The van der Waals surface area contributed by atoms with E-state index in [0.29, 0.717) is 4.91 Å². The minimum atomic E-state index is -0.841. The van der Waals surface area contributed by atoms with E-state index in [0.717, 1.165) is 16.9 Å². The van der Waals surface area contributed by atoms with E-state index in [1.54, 1.807) is 5.01 Å². The van der Waals surface area contributed by atoms with Gasteiger partial charge in [-0.1, -0.05) is 29.5 Å². The third-order valence-electron chi connectivity index (χ3n) is 4.19. The molecule has 9 heteroatoms. The highest BCUT2D eigenvalue weighted by molar-refractivity contribution is 8.28. The van der Waals surface area contributed by atoms with Gasteiger partial charge in [0.15, 0.2) is 0 Å². The molecule has 0 radical (unpaired) electrons. The van der Waals surface area contributed by atoms with E-state index in [9.17, 15) is 9.59 Å². The molecule has 26 heavy (non-hydrogen) atoms. The molecule has 3 rings (SSSR count). The summed E-state index contributed by atoms with van der Waals surface area (Å²) >= 11 is 2.55. The van der Waals surface area contributed by atoms with Gasteiger partial charge in [-0.3, -0.25) is 0 Å². The van der Waals surface area contributed by atoms with E-state index in [1.807, 2.05) is 50.1 Å². The highest BCUT2D eigenvalue weighted by Crippen LogP contribution is 2.58. The molecule has 1 aromatic carbocycles. The van der Waals surface area contributed by atoms with Crippen LogP contribution in [-0.4, -0.2) is 47.5 Å².